The van der Waals surface area contributed by atoms with E-state index in [2.05, 4.69) is 18.9 Å². The third-order valence-corrected chi connectivity index (χ3v) is 2.01. The molecule has 0 bridgehead atoms. The van der Waals surface area contributed by atoms with Crippen LogP contribution in [-0.2, 0) is 4.79 Å². The summed E-state index contributed by atoms with van der Waals surface area (Å²) in [5.74, 6) is 0.978. The highest BCUT2D eigenvalue weighted by atomic mass is 16.1. The van der Waals surface area contributed by atoms with Crippen molar-refractivity contribution >= 4 is 6.29 Å². The molecule has 1 saturated heterocycles. The van der Waals surface area contributed by atoms with E-state index in [-0.39, 0.29) is 0 Å². The van der Waals surface area contributed by atoms with Crippen LogP contribution in [0.5, 0.6) is 0 Å². The summed E-state index contributed by atoms with van der Waals surface area (Å²) in [4.78, 5) is 11.2. The maximum atomic E-state index is 8.81. The fourth-order valence-electron chi connectivity index (χ4n) is 1.14. The van der Waals surface area contributed by atoms with Gasteiger partial charge in [-0.2, -0.15) is 0 Å². The molecule has 15 heavy (non-hydrogen) atoms. The number of rotatable bonds is 0. The van der Waals surface area contributed by atoms with E-state index in [1.54, 1.807) is 0 Å². The predicted octanol–water partition coefficient (Wildman–Crippen LogP) is 3.61. The van der Waals surface area contributed by atoms with E-state index in [0.717, 1.165) is 12.2 Å². The second-order valence-electron chi connectivity index (χ2n) is 3.22. The zero-order valence-electron chi connectivity index (χ0n) is 11.8. The summed E-state index contributed by atoms with van der Waals surface area (Å²) in [6.45, 7) is 14.4. The molecule has 0 aromatic rings. The minimum atomic E-state index is 0.750. The Bertz CT molecular complexity index is 86.7. The Hall–Kier alpha value is -0.370. The normalized spacial score (nSPS) is 15.7. The first-order chi connectivity index (χ1) is 7.20. The van der Waals surface area contributed by atoms with E-state index in [4.69, 9.17) is 4.79 Å². The Morgan fingerprint density at radius 3 is 1.53 bits per heavy atom. The van der Waals surface area contributed by atoms with Crippen LogP contribution in [0.25, 0.3) is 0 Å². The zero-order valence-corrected chi connectivity index (χ0v) is 11.8. The van der Waals surface area contributed by atoms with Gasteiger partial charge in [-0.25, -0.2) is 0 Å². The number of carbonyl (C=O) groups is 1. The van der Waals surface area contributed by atoms with E-state index in [1.807, 2.05) is 27.7 Å². The highest BCUT2D eigenvalue weighted by Crippen LogP contribution is 2.13. The summed E-state index contributed by atoms with van der Waals surface area (Å²) in [6, 6.07) is 0. The number of likely N-dealkylation sites (tertiary alicyclic amines) is 1. The largest absolute Gasteiger partial charge is 0.306 e. The molecule has 0 radical (unpaired) electrons. The minimum absolute atomic E-state index is 0.750. The van der Waals surface area contributed by atoms with Crippen LogP contribution in [0.4, 0.5) is 0 Å². The molecule has 0 unspecified atom stereocenters. The van der Waals surface area contributed by atoms with Gasteiger partial charge in [-0.05, 0) is 45.8 Å². The first kappa shape index (κ1) is 20.1. The summed E-state index contributed by atoms with van der Waals surface area (Å²) >= 11 is 0. The first-order valence-electron chi connectivity index (χ1n) is 6.29. The van der Waals surface area contributed by atoms with Crippen molar-refractivity contribution in [3.63, 3.8) is 0 Å². The summed E-state index contributed by atoms with van der Waals surface area (Å²) in [5.41, 5.74) is 0. The molecule has 0 atom stereocenters. The van der Waals surface area contributed by atoms with E-state index in [0.29, 0.717) is 0 Å². The average molecular weight is 217 g/mol. The quantitative estimate of drug-likeness (QED) is 0.578. The first-order valence-corrected chi connectivity index (χ1v) is 6.29. The van der Waals surface area contributed by atoms with Gasteiger partial charge in [0.1, 0.15) is 6.29 Å². The van der Waals surface area contributed by atoms with Crippen molar-refractivity contribution in [3.8, 4) is 0 Å². The van der Waals surface area contributed by atoms with E-state index in [9.17, 15) is 0 Å². The van der Waals surface area contributed by atoms with Crippen molar-refractivity contribution in [1.29, 1.82) is 0 Å². The average Bonchev–Trinajstić information content (AvgIpc) is 2.29. The molecule has 0 N–H and O–H groups in total. The highest BCUT2D eigenvalue weighted by Gasteiger charge is 2.10. The summed E-state index contributed by atoms with van der Waals surface area (Å²) in [6.07, 6.45) is 3.55. The van der Waals surface area contributed by atoms with Gasteiger partial charge in [0.25, 0.3) is 0 Å². The van der Waals surface area contributed by atoms with Crippen LogP contribution in [0.15, 0.2) is 0 Å². The molecular weight excluding hydrogens is 186 g/mol. The molecule has 1 heterocycles. The number of aldehydes is 1. The topological polar surface area (TPSA) is 20.3 Å². The smallest absolute Gasteiger partial charge is 0.116 e. The molecule has 1 aliphatic rings. The molecule has 1 fully saturated rings. The summed E-state index contributed by atoms with van der Waals surface area (Å²) < 4.78 is 0. The van der Waals surface area contributed by atoms with Crippen molar-refractivity contribution in [2.24, 2.45) is 5.92 Å². The molecule has 0 amide bonds. The second kappa shape index (κ2) is 19.2. The van der Waals surface area contributed by atoms with Crippen LogP contribution in [-0.4, -0.2) is 31.3 Å². The van der Waals surface area contributed by atoms with Gasteiger partial charge in [0.2, 0.25) is 0 Å². The maximum Gasteiger partial charge on any atom is 0.116 e. The SMILES string of the molecule is CC.CC.CC1CCN(C)CC1.CC=O. The number of piperidine rings is 1. The number of nitrogens with zero attached hydrogens (tertiary/aromatic N) is 1. The molecule has 0 aromatic carbocycles. The third kappa shape index (κ3) is 19.9. The molecule has 0 spiro atoms. The van der Waals surface area contributed by atoms with Crippen LogP contribution in [0.3, 0.4) is 0 Å². The Labute approximate surface area is 97.1 Å². The van der Waals surface area contributed by atoms with Gasteiger partial charge < -0.3 is 9.69 Å². The summed E-state index contributed by atoms with van der Waals surface area (Å²) in [5, 5.41) is 0. The van der Waals surface area contributed by atoms with Crippen molar-refractivity contribution in [2.45, 2.75) is 54.4 Å². The minimum Gasteiger partial charge on any atom is -0.306 e. The molecule has 94 valence electrons. The monoisotopic (exact) mass is 217 g/mol. The van der Waals surface area contributed by atoms with Crippen LogP contribution in [0, 0.1) is 5.92 Å². The number of hydrogen-bond donors (Lipinski definition) is 0. The lowest BCUT2D eigenvalue weighted by Gasteiger charge is -2.26. The van der Waals surface area contributed by atoms with E-state index in [1.165, 1.54) is 32.9 Å². The van der Waals surface area contributed by atoms with Crippen LogP contribution < -0.4 is 0 Å². The fraction of sp³-hybridized carbons (Fsp3) is 0.923. The fourth-order valence-corrected chi connectivity index (χ4v) is 1.14. The van der Waals surface area contributed by atoms with Gasteiger partial charge >= 0.3 is 0 Å². The van der Waals surface area contributed by atoms with Crippen molar-refractivity contribution in [1.82, 2.24) is 4.90 Å². The van der Waals surface area contributed by atoms with Crippen LogP contribution in [0.2, 0.25) is 0 Å². The third-order valence-electron chi connectivity index (χ3n) is 2.01. The molecule has 0 saturated carbocycles. The van der Waals surface area contributed by atoms with Crippen molar-refractivity contribution in [3.05, 3.63) is 0 Å². The maximum absolute atomic E-state index is 8.81. The van der Waals surface area contributed by atoms with E-state index >= 15 is 0 Å². The van der Waals surface area contributed by atoms with Crippen LogP contribution >= 0.6 is 0 Å². The predicted molar refractivity (Wildman–Crippen MR) is 70.3 cm³/mol. The summed E-state index contributed by atoms with van der Waals surface area (Å²) in [7, 11) is 2.20. The highest BCUT2D eigenvalue weighted by molar-refractivity contribution is 5.44. The number of carbonyl (C=O) groups excluding carboxylic acids is 1. The van der Waals surface area contributed by atoms with Gasteiger partial charge in [0.05, 0.1) is 0 Å². The lowest BCUT2D eigenvalue weighted by atomic mass is 10.00. The van der Waals surface area contributed by atoms with E-state index < -0.39 is 0 Å². The standard InChI is InChI=1S/C7H15N.C2H4O.2C2H6/c1-7-3-5-8(2)6-4-7;1-2-3;2*1-2/h7H,3-6H2,1-2H3;2H,1H3;2*1-2H3. The Morgan fingerprint density at radius 1 is 1.07 bits per heavy atom. The lowest BCUT2D eigenvalue weighted by molar-refractivity contribution is -0.106. The van der Waals surface area contributed by atoms with Gasteiger partial charge in [-0.15, -0.1) is 0 Å². The molecule has 1 rings (SSSR count). The van der Waals surface area contributed by atoms with Gasteiger partial charge in [-0.3, -0.25) is 0 Å². The van der Waals surface area contributed by atoms with Crippen molar-refractivity contribution < 1.29 is 4.79 Å². The molecule has 2 nitrogen and oxygen atoms in total. The van der Waals surface area contributed by atoms with Gasteiger partial charge in [0.15, 0.2) is 0 Å². The number of hydrogen-bond acceptors (Lipinski definition) is 2. The Kier molecular flexibility index (Phi) is 25.8. The Morgan fingerprint density at radius 2 is 1.33 bits per heavy atom. The van der Waals surface area contributed by atoms with Gasteiger partial charge in [0, 0.05) is 0 Å². The molecule has 1 aliphatic heterocycles. The molecular formula is C13H31NO. The zero-order chi connectivity index (χ0) is 12.7. The van der Waals surface area contributed by atoms with Gasteiger partial charge in [-0.1, -0.05) is 34.6 Å². The molecule has 0 aromatic heterocycles. The van der Waals surface area contributed by atoms with Crippen LogP contribution in [0.1, 0.15) is 54.4 Å². The second-order valence-corrected chi connectivity index (χ2v) is 3.22. The molecule has 2 heteroatoms. The lowest BCUT2D eigenvalue weighted by Crippen LogP contribution is -2.28. The van der Waals surface area contributed by atoms with Crippen molar-refractivity contribution in [2.75, 3.05) is 20.1 Å². The molecule has 0 aliphatic carbocycles. The Balaban J connectivity index is -0.000000176.